The third-order valence-electron chi connectivity index (χ3n) is 2.15. The first-order chi connectivity index (χ1) is 9.07. The molecule has 0 unspecified atom stereocenters. The van der Waals surface area contributed by atoms with Gasteiger partial charge in [-0.1, -0.05) is 0 Å². The van der Waals surface area contributed by atoms with Gasteiger partial charge in [-0.25, -0.2) is 4.98 Å². The number of aryl methyl sites for hydroxylation is 1. The van der Waals surface area contributed by atoms with Gasteiger partial charge in [-0.2, -0.15) is 13.2 Å². The fourth-order valence-electron chi connectivity index (χ4n) is 1.41. The van der Waals surface area contributed by atoms with Crippen LogP contribution in [0.4, 0.5) is 18.9 Å². The predicted octanol–water partition coefficient (Wildman–Crippen LogP) is 2.78. The summed E-state index contributed by atoms with van der Waals surface area (Å²) >= 11 is 0. The van der Waals surface area contributed by atoms with Crippen molar-refractivity contribution in [3.8, 4) is 5.69 Å². The lowest BCUT2D eigenvalue weighted by Crippen LogP contribution is -2.07. The molecule has 0 saturated carbocycles. The standard InChI is InChI=1S/C11H10F3N3/c1-7-5-17(6-16-7)10-3-8(11(12,13)14)2-9(15)4-10/h2-6H,15H2,1H3/i1D3. The summed E-state index contributed by atoms with van der Waals surface area (Å²) < 4.78 is 60.8. The summed E-state index contributed by atoms with van der Waals surface area (Å²) in [6.45, 7) is -2.42. The third-order valence-corrected chi connectivity index (χ3v) is 2.15. The van der Waals surface area contributed by atoms with E-state index in [9.17, 15) is 13.2 Å². The Bertz CT molecular complexity index is 632. The van der Waals surface area contributed by atoms with Crippen molar-refractivity contribution in [2.24, 2.45) is 0 Å². The molecule has 0 amide bonds. The van der Waals surface area contributed by atoms with Gasteiger partial charge in [0.15, 0.2) is 0 Å². The van der Waals surface area contributed by atoms with Crippen molar-refractivity contribution in [3.63, 3.8) is 0 Å². The van der Waals surface area contributed by atoms with Crippen LogP contribution in [-0.2, 0) is 6.18 Å². The summed E-state index contributed by atoms with van der Waals surface area (Å²) in [5.74, 6) is 0. The molecular weight excluding hydrogens is 231 g/mol. The molecular formula is C11H10F3N3. The van der Waals surface area contributed by atoms with Gasteiger partial charge in [0.25, 0.3) is 0 Å². The summed E-state index contributed by atoms with van der Waals surface area (Å²) in [6.07, 6.45) is -2.24. The second kappa shape index (κ2) is 3.80. The molecule has 3 nitrogen and oxygen atoms in total. The van der Waals surface area contributed by atoms with Crippen LogP contribution in [-0.4, -0.2) is 9.55 Å². The number of nitrogens with zero attached hydrogens (tertiary/aromatic N) is 2. The molecule has 1 aromatic carbocycles. The Kier molecular flexibility index (Phi) is 1.82. The van der Waals surface area contributed by atoms with Gasteiger partial charge in [-0.3, -0.25) is 0 Å². The van der Waals surface area contributed by atoms with E-state index in [0.29, 0.717) is 0 Å². The molecule has 2 aromatic rings. The van der Waals surface area contributed by atoms with Crippen LogP contribution in [0.2, 0.25) is 0 Å². The molecule has 0 aliphatic heterocycles. The molecule has 2 rings (SSSR count). The van der Waals surface area contributed by atoms with Crippen molar-refractivity contribution < 1.29 is 17.3 Å². The van der Waals surface area contributed by atoms with Crippen molar-refractivity contribution in [3.05, 3.63) is 42.0 Å². The Hall–Kier alpha value is -1.98. The number of aromatic nitrogens is 2. The lowest BCUT2D eigenvalue weighted by atomic mass is 10.1. The zero-order chi connectivity index (χ0) is 15.1. The van der Waals surface area contributed by atoms with E-state index in [2.05, 4.69) is 4.98 Å². The van der Waals surface area contributed by atoms with Gasteiger partial charge in [0.2, 0.25) is 0 Å². The summed E-state index contributed by atoms with van der Waals surface area (Å²) in [4.78, 5) is 3.66. The number of anilines is 1. The number of alkyl halides is 3. The van der Waals surface area contributed by atoms with Gasteiger partial charge in [-0.05, 0) is 25.1 Å². The SMILES string of the molecule is [2H]C([2H])([2H])c1cn(-c2cc(N)cc(C(F)(F)F)c2)cn1. The van der Waals surface area contributed by atoms with Crippen LogP contribution in [0.15, 0.2) is 30.7 Å². The second-order valence-electron chi connectivity index (χ2n) is 3.48. The highest BCUT2D eigenvalue weighted by Crippen LogP contribution is 2.32. The van der Waals surface area contributed by atoms with Crippen molar-refractivity contribution in [1.82, 2.24) is 9.55 Å². The highest BCUT2D eigenvalue weighted by atomic mass is 19.4. The molecule has 0 fully saturated rings. The largest absolute Gasteiger partial charge is 0.416 e. The second-order valence-corrected chi connectivity index (χ2v) is 3.48. The van der Waals surface area contributed by atoms with E-state index in [1.165, 1.54) is 10.6 Å². The molecule has 1 heterocycles. The Morgan fingerprint density at radius 1 is 1.35 bits per heavy atom. The highest BCUT2D eigenvalue weighted by Gasteiger charge is 2.31. The van der Waals surface area contributed by atoms with Crippen LogP contribution in [0, 0.1) is 6.85 Å². The molecule has 0 bridgehead atoms. The molecule has 0 aliphatic carbocycles. The minimum Gasteiger partial charge on any atom is -0.399 e. The van der Waals surface area contributed by atoms with Crippen LogP contribution in [0.1, 0.15) is 15.4 Å². The van der Waals surface area contributed by atoms with E-state index >= 15 is 0 Å². The maximum Gasteiger partial charge on any atom is 0.416 e. The average molecular weight is 244 g/mol. The molecule has 6 heteroatoms. The highest BCUT2D eigenvalue weighted by molar-refractivity contribution is 5.51. The first kappa shape index (κ1) is 8.16. The monoisotopic (exact) mass is 244 g/mol. The number of rotatable bonds is 1. The molecule has 0 aliphatic rings. The fourth-order valence-corrected chi connectivity index (χ4v) is 1.41. The van der Waals surface area contributed by atoms with Gasteiger partial charge in [0.1, 0.15) is 0 Å². The summed E-state index contributed by atoms with van der Waals surface area (Å²) in [6, 6.07) is 2.99. The van der Waals surface area contributed by atoms with Crippen LogP contribution in [0.5, 0.6) is 0 Å². The normalized spacial score (nSPS) is 15.1. The maximum atomic E-state index is 12.7. The number of imidazole rings is 1. The maximum absolute atomic E-state index is 12.7. The minimum absolute atomic E-state index is 0.0704. The van der Waals surface area contributed by atoms with Gasteiger partial charge in [0, 0.05) is 21.7 Å². The number of hydrogen-bond acceptors (Lipinski definition) is 2. The van der Waals surface area contributed by atoms with Gasteiger partial charge in [0.05, 0.1) is 17.6 Å². The number of nitrogen functional groups attached to an aromatic ring is 1. The molecule has 90 valence electrons. The van der Waals surface area contributed by atoms with Crippen molar-refractivity contribution >= 4 is 5.69 Å². The topological polar surface area (TPSA) is 43.8 Å². The van der Waals surface area contributed by atoms with Crippen LogP contribution >= 0.6 is 0 Å². The van der Waals surface area contributed by atoms with Crippen molar-refractivity contribution in [2.75, 3.05) is 5.73 Å². The lowest BCUT2D eigenvalue weighted by Gasteiger charge is -2.10. The first-order valence-electron chi connectivity index (χ1n) is 6.10. The molecule has 0 spiro atoms. The van der Waals surface area contributed by atoms with E-state index in [4.69, 9.17) is 9.85 Å². The Morgan fingerprint density at radius 3 is 2.71 bits per heavy atom. The number of nitrogens with two attached hydrogens (primary N) is 1. The summed E-state index contributed by atoms with van der Waals surface area (Å²) in [7, 11) is 0. The summed E-state index contributed by atoms with van der Waals surface area (Å²) in [5, 5.41) is 0. The number of benzene rings is 1. The van der Waals surface area contributed by atoms with Crippen molar-refractivity contribution in [2.45, 2.75) is 13.0 Å². The van der Waals surface area contributed by atoms with Crippen LogP contribution < -0.4 is 5.73 Å². The van der Waals surface area contributed by atoms with Crippen molar-refractivity contribution in [1.29, 1.82) is 0 Å². The Balaban J connectivity index is 2.48. The van der Waals surface area contributed by atoms with Crippen LogP contribution in [0.3, 0.4) is 0 Å². The Labute approximate surface area is 99.9 Å². The van der Waals surface area contributed by atoms with E-state index in [1.807, 2.05) is 0 Å². The van der Waals surface area contributed by atoms with Gasteiger partial charge >= 0.3 is 6.18 Å². The average Bonchev–Trinajstić information content (AvgIpc) is 2.75. The third kappa shape index (κ3) is 2.41. The molecule has 1 aromatic heterocycles. The molecule has 0 radical (unpaired) electrons. The molecule has 0 saturated heterocycles. The van der Waals surface area contributed by atoms with Gasteiger partial charge < -0.3 is 10.3 Å². The van der Waals surface area contributed by atoms with E-state index < -0.39 is 18.6 Å². The van der Waals surface area contributed by atoms with E-state index in [1.54, 1.807) is 0 Å². The van der Waals surface area contributed by atoms with Crippen LogP contribution in [0.25, 0.3) is 5.69 Å². The number of halogens is 3. The lowest BCUT2D eigenvalue weighted by molar-refractivity contribution is -0.137. The zero-order valence-electron chi connectivity index (χ0n) is 11.5. The molecule has 17 heavy (non-hydrogen) atoms. The van der Waals surface area contributed by atoms with Gasteiger partial charge in [-0.15, -0.1) is 0 Å². The fraction of sp³-hybridized carbons (Fsp3) is 0.182. The molecule has 0 atom stereocenters. The molecule has 2 N–H and O–H groups in total. The minimum atomic E-state index is -4.53. The van der Waals surface area contributed by atoms with E-state index in [0.717, 1.165) is 24.7 Å². The summed E-state index contributed by atoms with van der Waals surface area (Å²) in [5.41, 5.74) is 4.36. The Morgan fingerprint density at radius 2 is 2.12 bits per heavy atom. The predicted molar refractivity (Wildman–Crippen MR) is 57.7 cm³/mol. The zero-order valence-corrected chi connectivity index (χ0v) is 8.49. The quantitative estimate of drug-likeness (QED) is 0.784. The van der Waals surface area contributed by atoms with E-state index in [-0.39, 0.29) is 17.1 Å². The number of hydrogen-bond donors (Lipinski definition) is 1. The smallest absolute Gasteiger partial charge is 0.399 e. The first-order valence-corrected chi connectivity index (χ1v) is 4.60.